The number of anilines is 1. The average molecular weight is 517 g/mol. The van der Waals surface area contributed by atoms with Crippen LogP contribution in [-0.2, 0) is 17.9 Å². The van der Waals surface area contributed by atoms with Gasteiger partial charge in [0.15, 0.2) is 5.13 Å². The maximum absolute atomic E-state index is 12.3. The SMILES string of the molecule is O=C(O)CCNC(=O)c1ccc(CN(Cc2ccccc2)c2nc(-c3cccc([N+](=O)[O-])c3)cs2)cc1. The molecule has 10 heteroatoms. The molecule has 0 aliphatic carbocycles. The third kappa shape index (κ3) is 6.98. The standard InChI is InChI=1S/C27H24N4O5S/c32-25(33)13-14-28-26(34)21-11-9-20(10-12-21)17-30(16-19-5-2-1-3-6-19)27-29-24(18-37-27)22-7-4-8-23(15-22)31(35)36/h1-12,15,18H,13-14,16-17H2,(H,28,34)(H,32,33). The van der Waals surface area contributed by atoms with Crippen LogP contribution < -0.4 is 10.2 Å². The lowest BCUT2D eigenvalue weighted by atomic mass is 10.1. The van der Waals surface area contributed by atoms with Crippen LogP contribution in [0.15, 0.2) is 84.2 Å². The van der Waals surface area contributed by atoms with Crippen LogP contribution in [0.5, 0.6) is 0 Å². The predicted octanol–water partition coefficient (Wildman–Crippen LogP) is 5.13. The largest absolute Gasteiger partial charge is 0.481 e. The van der Waals surface area contributed by atoms with Crippen molar-refractivity contribution < 1.29 is 19.6 Å². The molecular weight excluding hydrogens is 492 g/mol. The number of nitrogens with one attached hydrogen (secondary N) is 1. The van der Waals surface area contributed by atoms with Crippen molar-refractivity contribution in [3.05, 3.63) is 111 Å². The van der Waals surface area contributed by atoms with Gasteiger partial charge in [-0.2, -0.15) is 0 Å². The lowest BCUT2D eigenvalue weighted by Crippen LogP contribution is -2.26. The number of hydrogen-bond donors (Lipinski definition) is 2. The van der Waals surface area contributed by atoms with E-state index in [4.69, 9.17) is 10.1 Å². The molecule has 0 unspecified atom stereocenters. The number of nitro groups is 1. The topological polar surface area (TPSA) is 126 Å². The molecule has 0 atom stereocenters. The molecule has 0 saturated carbocycles. The number of carbonyl (C=O) groups is 2. The number of aromatic nitrogens is 1. The zero-order valence-corrected chi connectivity index (χ0v) is 20.6. The van der Waals surface area contributed by atoms with Crippen LogP contribution in [0.25, 0.3) is 11.3 Å². The second kappa shape index (κ2) is 11.9. The first-order chi connectivity index (χ1) is 17.9. The summed E-state index contributed by atoms with van der Waals surface area (Å²) in [5.74, 6) is -1.29. The summed E-state index contributed by atoms with van der Waals surface area (Å²) >= 11 is 1.46. The number of hydrogen-bond acceptors (Lipinski definition) is 7. The highest BCUT2D eigenvalue weighted by Gasteiger charge is 2.16. The summed E-state index contributed by atoms with van der Waals surface area (Å²) < 4.78 is 0. The van der Waals surface area contributed by atoms with Gasteiger partial charge in [0, 0.05) is 48.3 Å². The molecule has 3 aromatic carbocycles. The first-order valence-electron chi connectivity index (χ1n) is 11.5. The summed E-state index contributed by atoms with van der Waals surface area (Å²) in [6.45, 7) is 1.19. The van der Waals surface area contributed by atoms with E-state index >= 15 is 0 Å². The molecule has 37 heavy (non-hydrogen) atoms. The molecule has 4 aromatic rings. The Kier molecular flexibility index (Phi) is 8.22. The minimum atomic E-state index is -0.968. The highest BCUT2D eigenvalue weighted by atomic mass is 32.1. The van der Waals surface area contributed by atoms with Crippen LogP contribution in [-0.4, -0.2) is 33.4 Å². The van der Waals surface area contributed by atoms with Gasteiger partial charge in [-0.15, -0.1) is 11.3 Å². The van der Waals surface area contributed by atoms with Crippen LogP contribution in [0.4, 0.5) is 10.8 Å². The van der Waals surface area contributed by atoms with E-state index in [1.54, 1.807) is 24.3 Å². The molecule has 0 aliphatic heterocycles. The van der Waals surface area contributed by atoms with Crippen LogP contribution in [0.1, 0.15) is 27.9 Å². The van der Waals surface area contributed by atoms with Gasteiger partial charge >= 0.3 is 5.97 Å². The van der Waals surface area contributed by atoms with E-state index in [1.165, 1.54) is 23.5 Å². The summed E-state index contributed by atoms with van der Waals surface area (Å²) in [5.41, 5.74) is 3.87. The van der Waals surface area contributed by atoms with E-state index in [-0.39, 0.29) is 24.6 Å². The van der Waals surface area contributed by atoms with Crippen LogP contribution in [0.2, 0.25) is 0 Å². The van der Waals surface area contributed by atoms with Crippen molar-refractivity contribution in [3.8, 4) is 11.3 Å². The molecular formula is C27H24N4O5S. The van der Waals surface area contributed by atoms with Crippen molar-refractivity contribution >= 4 is 34.0 Å². The Hall–Kier alpha value is -4.57. The molecule has 1 heterocycles. The summed E-state index contributed by atoms with van der Waals surface area (Å²) in [5, 5.41) is 25.2. The van der Waals surface area contributed by atoms with Crippen molar-refractivity contribution in [1.82, 2.24) is 10.3 Å². The predicted molar refractivity (Wildman–Crippen MR) is 142 cm³/mol. The number of nitro benzene ring substituents is 1. The molecule has 0 fully saturated rings. The number of rotatable bonds is 11. The minimum Gasteiger partial charge on any atom is -0.481 e. The van der Waals surface area contributed by atoms with Gasteiger partial charge in [0.1, 0.15) is 0 Å². The van der Waals surface area contributed by atoms with Gasteiger partial charge in [-0.3, -0.25) is 19.7 Å². The maximum atomic E-state index is 12.3. The van der Waals surface area contributed by atoms with E-state index in [2.05, 4.69) is 10.2 Å². The number of non-ortho nitro benzene ring substituents is 1. The van der Waals surface area contributed by atoms with Gasteiger partial charge in [0.2, 0.25) is 0 Å². The van der Waals surface area contributed by atoms with Gasteiger partial charge in [-0.25, -0.2) is 4.98 Å². The van der Waals surface area contributed by atoms with Gasteiger partial charge in [0.05, 0.1) is 17.0 Å². The molecule has 0 radical (unpaired) electrons. The smallest absolute Gasteiger partial charge is 0.305 e. The first kappa shape index (κ1) is 25.5. The summed E-state index contributed by atoms with van der Waals surface area (Å²) in [4.78, 5) is 40.6. The summed E-state index contributed by atoms with van der Waals surface area (Å²) in [7, 11) is 0. The Morgan fingerprint density at radius 2 is 1.68 bits per heavy atom. The zero-order chi connectivity index (χ0) is 26.2. The van der Waals surface area contributed by atoms with E-state index in [0.29, 0.717) is 29.9 Å². The van der Waals surface area contributed by atoms with Crippen LogP contribution in [0.3, 0.4) is 0 Å². The fraction of sp³-hybridized carbons (Fsp3) is 0.148. The average Bonchev–Trinajstić information content (AvgIpc) is 3.40. The van der Waals surface area contributed by atoms with Gasteiger partial charge in [-0.1, -0.05) is 54.6 Å². The van der Waals surface area contributed by atoms with E-state index < -0.39 is 10.9 Å². The van der Waals surface area contributed by atoms with Gasteiger partial charge < -0.3 is 15.3 Å². The minimum absolute atomic E-state index is 0.0141. The van der Waals surface area contributed by atoms with Crippen LogP contribution in [0, 0.1) is 10.1 Å². The highest BCUT2D eigenvalue weighted by molar-refractivity contribution is 7.14. The fourth-order valence-corrected chi connectivity index (χ4v) is 4.52. The van der Waals surface area contributed by atoms with Crippen LogP contribution >= 0.6 is 11.3 Å². The fourth-order valence-electron chi connectivity index (χ4n) is 3.68. The Bertz CT molecular complexity index is 1390. The Labute approximate surface area is 217 Å². The van der Waals surface area contributed by atoms with Crippen molar-refractivity contribution in [1.29, 1.82) is 0 Å². The Morgan fingerprint density at radius 3 is 2.35 bits per heavy atom. The van der Waals surface area contributed by atoms with Gasteiger partial charge in [0.25, 0.3) is 11.6 Å². The molecule has 0 aliphatic rings. The third-order valence-corrected chi connectivity index (χ3v) is 6.45. The number of aliphatic carboxylic acids is 1. The Balaban J connectivity index is 1.53. The Morgan fingerprint density at radius 1 is 0.973 bits per heavy atom. The van der Waals surface area contributed by atoms with Crippen molar-refractivity contribution in [2.24, 2.45) is 0 Å². The monoisotopic (exact) mass is 516 g/mol. The second-order valence-electron chi connectivity index (χ2n) is 8.26. The molecule has 1 amide bonds. The number of thiazole rings is 1. The molecule has 0 bridgehead atoms. The van der Waals surface area contributed by atoms with E-state index in [1.807, 2.05) is 47.8 Å². The quantitative estimate of drug-likeness (QED) is 0.209. The number of nitrogens with zero attached hydrogens (tertiary/aromatic N) is 3. The second-order valence-corrected chi connectivity index (χ2v) is 9.10. The van der Waals surface area contributed by atoms with Gasteiger partial charge in [-0.05, 0) is 23.3 Å². The molecule has 188 valence electrons. The number of carbonyl (C=O) groups excluding carboxylic acids is 1. The number of benzene rings is 3. The molecule has 1 aromatic heterocycles. The van der Waals surface area contributed by atoms with E-state index in [0.717, 1.165) is 16.3 Å². The number of amides is 1. The molecule has 2 N–H and O–H groups in total. The molecule has 0 saturated heterocycles. The normalized spacial score (nSPS) is 10.6. The highest BCUT2D eigenvalue weighted by Crippen LogP contribution is 2.31. The molecule has 0 spiro atoms. The number of carboxylic acid groups (broad SMARTS) is 1. The molecule has 9 nitrogen and oxygen atoms in total. The lowest BCUT2D eigenvalue weighted by molar-refractivity contribution is -0.384. The zero-order valence-electron chi connectivity index (χ0n) is 19.7. The number of carboxylic acids is 1. The third-order valence-electron chi connectivity index (χ3n) is 5.55. The van der Waals surface area contributed by atoms with Crippen molar-refractivity contribution in [2.75, 3.05) is 11.4 Å². The van der Waals surface area contributed by atoms with E-state index in [9.17, 15) is 19.7 Å². The summed E-state index contributed by atoms with van der Waals surface area (Å²) in [6, 6.07) is 23.5. The maximum Gasteiger partial charge on any atom is 0.305 e. The molecule has 4 rings (SSSR count). The summed E-state index contributed by atoms with van der Waals surface area (Å²) in [6.07, 6.45) is -0.135. The van der Waals surface area contributed by atoms with Crippen molar-refractivity contribution in [3.63, 3.8) is 0 Å². The van der Waals surface area contributed by atoms with Crippen molar-refractivity contribution in [2.45, 2.75) is 19.5 Å². The lowest BCUT2D eigenvalue weighted by Gasteiger charge is -2.22. The first-order valence-corrected chi connectivity index (χ1v) is 12.3.